The molecule has 0 atom stereocenters. The standard InChI is InChI=1S/C20H16BrClN2O4/c21-17-10-14(22)5-8-18(17)28-12-19(25)24-15-6-3-13(4-7-15)20(26)23-11-16-2-1-9-27-16/h1-10H,11-12H2,(H,23,26)(H,24,25). The van der Waals surface area contributed by atoms with Gasteiger partial charge in [0, 0.05) is 16.3 Å². The smallest absolute Gasteiger partial charge is 0.262 e. The maximum Gasteiger partial charge on any atom is 0.262 e. The number of hydrogen-bond donors (Lipinski definition) is 2. The molecule has 8 heteroatoms. The summed E-state index contributed by atoms with van der Waals surface area (Å²) in [5.41, 5.74) is 1.04. The molecule has 2 amide bonds. The maximum absolute atomic E-state index is 12.1. The highest BCUT2D eigenvalue weighted by atomic mass is 79.9. The van der Waals surface area contributed by atoms with Gasteiger partial charge < -0.3 is 19.8 Å². The summed E-state index contributed by atoms with van der Waals surface area (Å²) >= 11 is 9.20. The number of anilines is 1. The summed E-state index contributed by atoms with van der Waals surface area (Å²) in [6.07, 6.45) is 1.55. The molecule has 0 saturated heterocycles. The predicted molar refractivity (Wildman–Crippen MR) is 110 cm³/mol. The van der Waals surface area contributed by atoms with Crippen molar-refractivity contribution in [2.45, 2.75) is 6.54 Å². The van der Waals surface area contributed by atoms with E-state index in [0.29, 0.717) is 38.8 Å². The van der Waals surface area contributed by atoms with Crippen molar-refractivity contribution in [3.63, 3.8) is 0 Å². The molecule has 1 heterocycles. The van der Waals surface area contributed by atoms with E-state index in [4.69, 9.17) is 20.8 Å². The number of carbonyl (C=O) groups excluding carboxylic acids is 2. The van der Waals surface area contributed by atoms with Gasteiger partial charge in [-0.1, -0.05) is 11.6 Å². The average Bonchev–Trinajstić information content (AvgIpc) is 3.19. The highest BCUT2D eigenvalue weighted by Crippen LogP contribution is 2.27. The molecule has 0 aliphatic carbocycles. The van der Waals surface area contributed by atoms with Crippen molar-refractivity contribution in [1.29, 1.82) is 0 Å². The average molecular weight is 464 g/mol. The lowest BCUT2D eigenvalue weighted by atomic mass is 10.2. The quantitative estimate of drug-likeness (QED) is 0.535. The SMILES string of the molecule is O=C(COc1ccc(Cl)cc1Br)Nc1ccc(C(=O)NCc2ccco2)cc1. The molecule has 0 unspecified atom stereocenters. The van der Waals surface area contributed by atoms with E-state index in [1.807, 2.05) is 0 Å². The number of ether oxygens (including phenoxy) is 1. The highest BCUT2D eigenvalue weighted by molar-refractivity contribution is 9.10. The third-order valence-corrected chi connectivity index (χ3v) is 4.54. The van der Waals surface area contributed by atoms with E-state index < -0.39 is 0 Å². The lowest BCUT2D eigenvalue weighted by Crippen LogP contribution is -2.23. The van der Waals surface area contributed by atoms with Crippen LogP contribution in [-0.2, 0) is 11.3 Å². The van der Waals surface area contributed by atoms with Gasteiger partial charge in [-0.25, -0.2) is 0 Å². The summed E-state index contributed by atoms with van der Waals surface area (Å²) in [6, 6.07) is 15.1. The Balaban J connectivity index is 1.49. The molecule has 144 valence electrons. The minimum Gasteiger partial charge on any atom is -0.483 e. The monoisotopic (exact) mass is 462 g/mol. The van der Waals surface area contributed by atoms with Crippen LogP contribution in [0.5, 0.6) is 5.75 Å². The van der Waals surface area contributed by atoms with Crippen molar-refractivity contribution < 1.29 is 18.7 Å². The Kier molecular flexibility index (Phi) is 6.73. The van der Waals surface area contributed by atoms with Crippen molar-refractivity contribution in [3.05, 3.63) is 81.7 Å². The van der Waals surface area contributed by atoms with E-state index in [-0.39, 0.29) is 18.4 Å². The Bertz CT molecular complexity index is 959. The van der Waals surface area contributed by atoms with Crippen LogP contribution in [0, 0.1) is 0 Å². The number of halogens is 2. The Morgan fingerprint density at radius 1 is 1.11 bits per heavy atom. The van der Waals surface area contributed by atoms with Crippen molar-refractivity contribution in [1.82, 2.24) is 5.32 Å². The zero-order valence-electron chi connectivity index (χ0n) is 14.6. The number of nitrogens with one attached hydrogen (secondary N) is 2. The van der Waals surface area contributed by atoms with Crippen LogP contribution in [0.25, 0.3) is 0 Å². The molecule has 3 rings (SSSR count). The number of rotatable bonds is 7. The molecule has 0 saturated carbocycles. The first-order valence-corrected chi connectivity index (χ1v) is 9.47. The molecule has 2 aromatic carbocycles. The van der Waals surface area contributed by atoms with Gasteiger partial charge in [0.05, 0.1) is 17.3 Å². The van der Waals surface area contributed by atoms with Crippen LogP contribution in [0.3, 0.4) is 0 Å². The summed E-state index contributed by atoms with van der Waals surface area (Å²) < 4.78 is 11.3. The zero-order chi connectivity index (χ0) is 19.9. The second kappa shape index (κ2) is 9.43. The lowest BCUT2D eigenvalue weighted by Gasteiger charge is -2.10. The van der Waals surface area contributed by atoms with E-state index in [0.717, 1.165) is 0 Å². The van der Waals surface area contributed by atoms with Crippen molar-refractivity contribution in [2.24, 2.45) is 0 Å². The highest BCUT2D eigenvalue weighted by Gasteiger charge is 2.09. The molecule has 0 aliphatic rings. The molecule has 1 aromatic heterocycles. The Labute approximate surface area is 175 Å². The molecule has 0 radical (unpaired) electrons. The van der Waals surface area contributed by atoms with Gasteiger partial charge in [-0.3, -0.25) is 9.59 Å². The number of carbonyl (C=O) groups is 2. The first kappa shape index (κ1) is 20.0. The van der Waals surface area contributed by atoms with Gasteiger partial charge in [-0.15, -0.1) is 0 Å². The normalized spacial score (nSPS) is 10.4. The minimum absolute atomic E-state index is 0.161. The predicted octanol–water partition coefficient (Wildman–Crippen LogP) is 4.64. The van der Waals surface area contributed by atoms with Gasteiger partial charge in [0.1, 0.15) is 11.5 Å². The summed E-state index contributed by atoms with van der Waals surface area (Å²) in [7, 11) is 0. The molecule has 0 aliphatic heterocycles. The summed E-state index contributed by atoms with van der Waals surface area (Å²) in [6.45, 7) is 0.146. The fraction of sp³-hybridized carbons (Fsp3) is 0.100. The first-order valence-electron chi connectivity index (χ1n) is 8.29. The number of amides is 2. The fourth-order valence-corrected chi connectivity index (χ4v) is 3.12. The number of hydrogen-bond acceptors (Lipinski definition) is 4. The van der Waals surface area contributed by atoms with Crippen LogP contribution in [0.15, 0.2) is 69.8 Å². The van der Waals surface area contributed by atoms with Gasteiger partial charge in [0.15, 0.2) is 6.61 Å². The van der Waals surface area contributed by atoms with E-state index in [2.05, 4.69) is 26.6 Å². The van der Waals surface area contributed by atoms with E-state index in [1.54, 1.807) is 60.9 Å². The summed E-state index contributed by atoms with van der Waals surface area (Å²) in [5.74, 6) is 0.634. The third-order valence-electron chi connectivity index (χ3n) is 3.69. The van der Waals surface area contributed by atoms with Crippen LogP contribution < -0.4 is 15.4 Å². The van der Waals surface area contributed by atoms with Crippen molar-refractivity contribution in [2.75, 3.05) is 11.9 Å². The van der Waals surface area contributed by atoms with Gasteiger partial charge in [-0.05, 0) is 70.5 Å². The van der Waals surface area contributed by atoms with E-state index >= 15 is 0 Å². The minimum atomic E-state index is -0.322. The molecule has 2 N–H and O–H groups in total. The molecule has 3 aromatic rings. The van der Waals surface area contributed by atoms with Crippen LogP contribution in [0.2, 0.25) is 5.02 Å². The molecule has 0 bridgehead atoms. The number of furan rings is 1. The Morgan fingerprint density at radius 3 is 2.57 bits per heavy atom. The molecule has 0 fully saturated rings. The van der Waals surface area contributed by atoms with Gasteiger partial charge in [0.2, 0.25) is 0 Å². The summed E-state index contributed by atoms with van der Waals surface area (Å²) in [5, 5.41) is 6.03. The van der Waals surface area contributed by atoms with Crippen LogP contribution >= 0.6 is 27.5 Å². The molecule has 0 spiro atoms. The second-order valence-corrected chi connectivity index (χ2v) is 7.04. The second-order valence-electron chi connectivity index (χ2n) is 5.75. The van der Waals surface area contributed by atoms with Crippen molar-refractivity contribution >= 4 is 45.0 Å². The lowest BCUT2D eigenvalue weighted by molar-refractivity contribution is -0.118. The fourth-order valence-electron chi connectivity index (χ4n) is 2.32. The summed E-state index contributed by atoms with van der Waals surface area (Å²) in [4.78, 5) is 24.2. The van der Waals surface area contributed by atoms with Crippen LogP contribution in [-0.4, -0.2) is 18.4 Å². The molecular formula is C20H16BrClN2O4. The van der Waals surface area contributed by atoms with E-state index in [1.165, 1.54) is 0 Å². The molecule has 28 heavy (non-hydrogen) atoms. The third kappa shape index (κ3) is 5.61. The van der Waals surface area contributed by atoms with Crippen molar-refractivity contribution in [3.8, 4) is 5.75 Å². The first-order chi connectivity index (χ1) is 13.5. The van der Waals surface area contributed by atoms with Gasteiger partial charge >= 0.3 is 0 Å². The molecular weight excluding hydrogens is 448 g/mol. The Hall–Kier alpha value is -2.77. The zero-order valence-corrected chi connectivity index (χ0v) is 16.9. The maximum atomic E-state index is 12.1. The van der Waals surface area contributed by atoms with Gasteiger partial charge in [0.25, 0.3) is 11.8 Å². The Morgan fingerprint density at radius 2 is 1.89 bits per heavy atom. The topological polar surface area (TPSA) is 80.6 Å². The van der Waals surface area contributed by atoms with Crippen LogP contribution in [0.4, 0.5) is 5.69 Å². The van der Waals surface area contributed by atoms with Gasteiger partial charge in [-0.2, -0.15) is 0 Å². The largest absolute Gasteiger partial charge is 0.483 e. The van der Waals surface area contributed by atoms with Crippen LogP contribution in [0.1, 0.15) is 16.1 Å². The molecule has 6 nitrogen and oxygen atoms in total. The van der Waals surface area contributed by atoms with E-state index in [9.17, 15) is 9.59 Å². The number of benzene rings is 2.